The predicted molar refractivity (Wildman–Crippen MR) is 50.2 cm³/mol. The maximum Gasteiger partial charge on any atom is 0.0820 e. The lowest BCUT2D eigenvalue weighted by Crippen LogP contribution is -2.14. The van der Waals surface area contributed by atoms with Gasteiger partial charge in [-0.05, 0) is 31.1 Å². The van der Waals surface area contributed by atoms with E-state index < -0.39 is 0 Å². The number of halogens is 1. The maximum absolute atomic E-state index is 7.40. The van der Waals surface area contributed by atoms with Gasteiger partial charge in [0.15, 0.2) is 0 Å². The normalized spacial score (nSPS) is 16.9. The first-order valence-electron chi connectivity index (χ1n) is 3.16. The van der Waals surface area contributed by atoms with Gasteiger partial charge in [-0.3, -0.25) is 10.8 Å². The zero-order chi connectivity index (χ0) is 7.72. The molecule has 11 heavy (non-hydrogen) atoms. The van der Waals surface area contributed by atoms with Crippen molar-refractivity contribution in [2.24, 2.45) is 0 Å². The molecule has 2 nitrogen and oxygen atoms in total. The van der Waals surface area contributed by atoms with E-state index in [4.69, 9.17) is 10.8 Å². The molecule has 2 N–H and O–H groups in total. The van der Waals surface area contributed by atoms with Crippen molar-refractivity contribution >= 4 is 23.8 Å². The third-order valence-corrected chi connectivity index (χ3v) is 1.74. The Morgan fingerprint density at radius 3 is 2.09 bits per heavy atom. The fourth-order valence-corrected chi connectivity index (χ4v) is 0.816. The molecule has 0 spiro atoms. The highest BCUT2D eigenvalue weighted by atomic mass is 35.5. The molecule has 3 heteroatoms. The van der Waals surface area contributed by atoms with E-state index in [-0.39, 0.29) is 12.4 Å². The van der Waals surface area contributed by atoms with Crippen LogP contribution in [0.5, 0.6) is 0 Å². The van der Waals surface area contributed by atoms with Crippen molar-refractivity contribution in [1.82, 2.24) is 0 Å². The fourth-order valence-electron chi connectivity index (χ4n) is 0.816. The second-order valence-electron chi connectivity index (χ2n) is 2.43. The molecule has 0 aliphatic heterocycles. The molecule has 0 aromatic heterocycles. The average Bonchev–Trinajstić information content (AvgIpc) is 1.93. The zero-order valence-corrected chi connectivity index (χ0v) is 7.38. The minimum Gasteiger partial charge on any atom is -0.299 e. The minimum atomic E-state index is 0. The van der Waals surface area contributed by atoms with Gasteiger partial charge < -0.3 is 0 Å². The van der Waals surface area contributed by atoms with Crippen molar-refractivity contribution in [2.45, 2.75) is 13.8 Å². The van der Waals surface area contributed by atoms with Crippen LogP contribution in [0.25, 0.3) is 0 Å². The lowest BCUT2D eigenvalue weighted by molar-refractivity contribution is 1.35. The zero-order valence-electron chi connectivity index (χ0n) is 6.56. The molecule has 0 radical (unpaired) electrons. The largest absolute Gasteiger partial charge is 0.299 e. The van der Waals surface area contributed by atoms with Crippen LogP contribution in [0, 0.1) is 10.8 Å². The third kappa shape index (κ3) is 1.77. The van der Waals surface area contributed by atoms with E-state index in [1.54, 1.807) is 6.08 Å². The Morgan fingerprint density at radius 1 is 1.09 bits per heavy atom. The van der Waals surface area contributed by atoms with Crippen LogP contribution < -0.4 is 0 Å². The standard InChI is InChI=1S/C8H10N2.ClH/c1-5-3-4-7(9)8(10)6(5)2;/h3-4,9-10H,1-2H3;1H. The Hall–Kier alpha value is -0.890. The van der Waals surface area contributed by atoms with Crippen molar-refractivity contribution in [2.75, 3.05) is 0 Å². The molecule has 0 aromatic rings. The Kier molecular flexibility index (Phi) is 3.20. The first kappa shape index (κ1) is 10.1. The summed E-state index contributed by atoms with van der Waals surface area (Å²) in [6, 6.07) is 0. The molecule has 1 aliphatic carbocycles. The molecular formula is C8H11ClN2. The minimum absolute atomic E-state index is 0. The number of hydrogen-bond donors (Lipinski definition) is 2. The van der Waals surface area contributed by atoms with Crippen LogP contribution in [0.4, 0.5) is 0 Å². The van der Waals surface area contributed by atoms with Crippen LogP contribution >= 0.6 is 12.4 Å². The Balaban J connectivity index is 0.000001000. The van der Waals surface area contributed by atoms with Gasteiger partial charge in [-0.2, -0.15) is 0 Å². The van der Waals surface area contributed by atoms with E-state index in [0.717, 1.165) is 11.1 Å². The molecular weight excluding hydrogens is 160 g/mol. The summed E-state index contributed by atoms with van der Waals surface area (Å²) in [5.74, 6) is 0. The second kappa shape index (κ2) is 3.49. The first-order valence-corrected chi connectivity index (χ1v) is 3.16. The van der Waals surface area contributed by atoms with Crippen LogP contribution in [0.1, 0.15) is 13.8 Å². The molecule has 0 atom stereocenters. The van der Waals surface area contributed by atoms with E-state index in [9.17, 15) is 0 Å². The highest BCUT2D eigenvalue weighted by Gasteiger charge is 2.09. The van der Waals surface area contributed by atoms with Crippen molar-refractivity contribution in [3.63, 3.8) is 0 Å². The first-order chi connectivity index (χ1) is 4.63. The summed E-state index contributed by atoms with van der Waals surface area (Å²) in [5, 5.41) is 14.7. The third-order valence-electron chi connectivity index (χ3n) is 1.74. The summed E-state index contributed by atoms with van der Waals surface area (Å²) >= 11 is 0. The van der Waals surface area contributed by atoms with Crippen LogP contribution in [0.3, 0.4) is 0 Å². The molecule has 0 aromatic carbocycles. The van der Waals surface area contributed by atoms with Crippen LogP contribution in [-0.2, 0) is 0 Å². The molecule has 0 bridgehead atoms. The lowest BCUT2D eigenvalue weighted by Gasteiger charge is -2.09. The van der Waals surface area contributed by atoms with Crippen molar-refractivity contribution in [3.8, 4) is 0 Å². The van der Waals surface area contributed by atoms with Gasteiger partial charge in [0.1, 0.15) is 0 Å². The molecule has 0 amide bonds. The van der Waals surface area contributed by atoms with Gasteiger partial charge in [0.2, 0.25) is 0 Å². The van der Waals surface area contributed by atoms with Gasteiger partial charge in [-0.1, -0.05) is 6.08 Å². The summed E-state index contributed by atoms with van der Waals surface area (Å²) in [4.78, 5) is 0. The summed E-state index contributed by atoms with van der Waals surface area (Å²) in [5.41, 5.74) is 2.65. The van der Waals surface area contributed by atoms with Gasteiger partial charge in [0.05, 0.1) is 11.4 Å². The summed E-state index contributed by atoms with van der Waals surface area (Å²) in [6.07, 6.45) is 3.53. The van der Waals surface area contributed by atoms with Gasteiger partial charge in [-0.25, -0.2) is 0 Å². The number of nitrogens with one attached hydrogen (secondary N) is 2. The van der Waals surface area contributed by atoms with Gasteiger partial charge in [0.25, 0.3) is 0 Å². The predicted octanol–water partition coefficient (Wildman–Crippen LogP) is 2.35. The van der Waals surface area contributed by atoms with Crippen LogP contribution in [0.15, 0.2) is 23.3 Å². The van der Waals surface area contributed by atoms with Crippen molar-refractivity contribution < 1.29 is 0 Å². The highest BCUT2D eigenvalue weighted by molar-refractivity contribution is 6.50. The highest BCUT2D eigenvalue weighted by Crippen LogP contribution is 2.12. The summed E-state index contributed by atoms with van der Waals surface area (Å²) in [6.45, 7) is 3.82. The van der Waals surface area contributed by atoms with Crippen molar-refractivity contribution in [3.05, 3.63) is 23.3 Å². The van der Waals surface area contributed by atoms with Crippen molar-refractivity contribution in [1.29, 1.82) is 10.8 Å². The monoisotopic (exact) mass is 170 g/mol. The van der Waals surface area contributed by atoms with E-state index >= 15 is 0 Å². The number of hydrogen-bond acceptors (Lipinski definition) is 2. The molecule has 1 rings (SSSR count). The Bertz CT molecular complexity index is 261. The molecule has 0 heterocycles. The molecule has 0 saturated heterocycles. The number of allylic oxidation sites excluding steroid dienone is 4. The molecule has 60 valence electrons. The number of rotatable bonds is 0. The smallest absolute Gasteiger partial charge is 0.0820 e. The van der Waals surface area contributed by atoms with Gasteiger partial charge >= 0.3 is 0 Å². The van der Waals surface area contributed by atoms with E-state index in [2.05, 4.69) is 0 Å². The Labute approximate surface area is 72.4 Å². The van der Waals surface area contributed by atoms with Gasteiger partial charge in [-0.15, -0.1) is 12.4 Å². The maximum atomic E-state index is 7.40. The summed E-state index contributed by atoms with van der Waals surface area (Å²) in [7, 11) is 0. The molecule has 0 saturated carbocycles. The van der Waals surface area contributed by atoms with E-state index in [1.807, 2.05) is 19.9 Å². The topological polar surface area (TPSA) is 47.7 Å². The molecule has 1 aliphatic rings. The second-order valence-corrected chi connectivity index (χ2v) is 2.43. The lowest BCUT2D eigenvalue weighted by atomic mass is 9.97. The Morgan fingerprint density at radius 2 is 1.64 bits per heavy atom. The quantitative estimate of drug-likeness (QED) is 0.525. The molecule has 0 fully saturated rings. The van der Waals surface area contributed by atoms with E-state index in [1.165, 1.54) is 0 Å². The van der Waals surface area contributed by atoms with Crippen LogP contribution in [-0.4, -0.2) is 11.4 Å². The fraction of sp³-hybridized carbons (Fsp3) is 0.250. The molecule has 0 unspecified atom stereocenters. The van der Waals surface area contributed by atoms with Gasteiger partial charge in [0, 0.05) is 0 Å². The summed E-state index contributed by atoms with van der Waals surface area (Å²) < 4.78 is 0. The van der Waals surface area contributed by atoms with E-state index in [0.29, 0.717) is 11.4 Å². The average molecular weight is 171 g/mol. The SMILES string of the molecule is CC1=C(C)C(=N)C(=N)C=C1.Cl. The van der Waals surface area contributed by atoms with Crippen LogP contribution in [0.2, 0.25) is 0 Å².